The second kappa shape index (κ2) is 46.0. The molecule has 0 aromatic heterocycles. The van der Waals surface area contributed by atoms with Gasteiger partial charge in [0.1, 0.15) is 13.2 Å². The second-order valence-corrected chi connectivity index (χ2v) is 14.9. The molecule has 1 atom stereocenters. The van der Waals surface area contributed by atoms with Gasteiger partial charge in [-0.25, -0.2) is 0 Å². The van der Waals surface area contributed by atoms with E-state index in [0.717, 1.165) is 96.3 Å². The summed E-state index contributed by atoms with van der Waals surface area (Å²) in [5, 5.41) is 0. The van der Waals surface area contributed by atoms with E-state index in [1.807, 2.05) is 6.08 Å². The number of carbonyl (C=O) groups is 3. The lowest BCUT2D eigenvalue weighted by molar-refractivity contribution is -0.166. The van der Waals surface area contributed by atoms with Crippen LogP contribution in [0.25, 0.3) is 0 Å². The average molecular weight is 805 g/mol. The molecule has 58 heavy (non-hydrogen) atoms. The normalized spacial score (nSPS) is 12.9. The highest BCUT2D eigenvalue weighted by Crippen LogP contribution is 2.13. The number of allylic oxidation sites excluding steroid dienone is 15. The maximum Gasteiger partial charge on any atom is 0.310 e. The molecule has 0 aromatic rings. The van der Waals surface area contributed by atoms with Crippen LogP contribution in [0.15, 0.2) is 97.2 Å². The molecule has 0 saturated carbocycles. The Labute approximate surface area is 356 Å². The van der Waals surface area contributed by atoms with Crippen LogP contribution in [0.4, 0.5) is 0 Å². The van der Waals surface area contributed by atoms with E-state index in [2.05, 4.69) is 106 Å². The minimum atomic E-state index is -0.832. The van der Waals surface area contributed by atoms with Crippen LogP contribution in [0, 0.1) is 0 Å². The average Bonchev–Trinajstić information content (AvgIpc) is 3.22. The van der Waals surface area contributed by atoms with E-state index in [1.54, 1.807) is 6.08 Å². The second-order valence-electron chi connectivity index (χ2n) is 14.9. The van der Waals surface area contributed by atoms with E-state index in [1.165, 1.54) is 57.8 Å². The van der Waals surface area contributed by atoms with E-state index in [-0.39, 0.29) is 31.6 Å². The van der Waals surface area contributed by atoms with Crippen molar-refractivity contribution >= 4 is 17.9 Å². The molecule has 0 spiro atoms. The summed E-state index contributed by atoms with van der Waals surface area (Å²) in [7, 11) is 0. The van der Waals surface area contributed by atoms with Crippen molar-refractivity contribution in [2.45, 2.75) is 200 Å². The van der Waals surface area contributed by atoms with Crippen LogP contribution in [0.2, 0.25) is 0 Å². The number of esters is 3. The molecule has 6 heteroatoms. The first-order valence-corrected chi connectivity index (χ1v) is 23.2. The number of hydrogen-bond acceptors (Lipinski definition) is 6. The molecule has 0 N–H and O–H groups in total. The first-order valence-electron chi connectivity index (χ1n) is 23.2. The Morgan fingerprint density at radius 2 is 0.724 bits per heavy atom. The van der Waals surface area contributed by atoms with E-state index in [9.17, 15) is 14.4 Å². The number of ether oxygens (including phenoxy) is 3. The molecule has 0 heterocycles. The SMILES string of the molecule is CC/C=C\C/C=C\C/C=C\C/C=C\C/C=C\CC(=O)OC(COC(=O)CCCCCCCCCC)COC(=O)CCCCCCCCC/C=C\C/C=C\C/C=C\CC. The van der Waals surface area contributed by atoms with E-state index >= 15 is 0 Å². The minimum Gasteiger partial charge on any atom is -0.462 e. The highest BCUT2D eigenvalue weighted by molar-refractivity contribution is 5.72. The fraction of sp³-hybridized carbons (Fsp3) is 0.635. The van der Waals surface area contributed by atoms with Crippen molar-refractivity contribution in [2.75, 3.05) is 13.2 Å². The van der Waals surface area contributed by atoms with Crippen molar-refractivity contribution in [2.24, 2.45) is 0 Å². The topological polar surface area (TPSA) is 78.9 Å². The van der Waals surface area contributed by atoms with Crippen LogP contribution in [0.3, 0.4) is 0 Å². The Balaban J connectivity index is 4.48. The zero-order valence-corrected chi connectivity index (χ0v) is 37.3. The van der Waals surface area contributed by atoms with Gasteiger partial charge >= 0.3 is 17.9 Å². The molecular weight excluding hydrogens is 721 g/mol. The third-order valence-electron chi connectivity index (χ3n) is 9.37. The van der Waals surface area contributed by atoms with E-state index in [0.29, 0.717) is 12.8 Å². The third kappa shape index (κ3) is 43.5. The summed E-state index contributed by atoms with van der Waals surface area (Å²) in [6.45, 7) is 6.26. The van der Waals surface area contributed by atoms with Crippen molar-refractivity contribution in [3.05, 3.63) is 97.2 Å². The Hall–Kier alpha value is -3.67. The molecule has 0 aliphatic carbocycles. The van der Waals surface area contributed by atoms with Gasteiger partial charge in [-0.3, -0.25) is 14.4 Å². The largest absolute Gasteiger partial charge is 0.462 e. The fourth-order valence-corrected chi connectivity index (χ4v) is 5.94. The summed E-state index contributed by atoms with van der Waals surface area (Å²) < 4.78 is 16.6. The number of unbranched alkanes of at least 4 members (excludes halogenated alkanes) is 14. The standard InChI is InChI=1S/C52H84O6/c1-4-7-10-13-16-19-21-23-25-26-28-29-31-33-36-39-42-45-51(54)57-48-49(47-56-50(53)44-41-38-35-18-15-12-9-6-3)58-52(55)46-43-40-37-34-32-30-27-24-22-20-17-14-11-8-5-2/h7-8,10-11,16-17,19-20,23-25,27,32,34,40,43,49H,4-6,9,12-15,18,21-22,26,28-31,33,35-39,41-42,44-48H2,1-3H3/b10-7-,11-8-,19-16-,20-17-,25-23-,27-24-,34-32-,43-40-. The van der Waals surface area contributed by atoms with E-state index < -0.39 is 12.1 Å². The maximum absolute atomic E-state index is 12.7. The zero-order valence-electron chi connectivity index (χ0n) is 37.3. The lowest BCUT2D eigenvalue weighted by atomic mass is 10.1. The van der Waals surface area contributed by atoms with Crippen molar-refractivity contribution in [1.82, 2.24) is 0 Å². The minimum absolute atomic E-state index is 0.0932. The molecule has 0 radical (unpaired) electrons. The van der Waals surface area contributed by atoms with Crippen LogP contribution >= 0.6 is 0 Å². The van der Waals surface area contributed by atoms with Crippen LogP contribution in [-0.2, 0) is 28.6 Å². The molecule has 0 bridgehead atoms. The summed E-state index contributed by atoms with van der Waals surface area (Å²) in [4.78, 5) is 37.7. The van der Waals surface area contributed by atoms with Gasteiger partial charge in [0, 0.05) is 12.8 Å². The molecule has 1 unspecified atom stereocenters. The highest BCUT2D eigenvalue weighted by Gasteiger charge is 2.19. The summed E-state index contributed by atoms with van der Waals surface area (Å²) >= 11 is 0. The number of hydrogen-bond donors (Lipinski definition) is 0. The molecule has 0 aromatic carbocycles. The van der Waals surface area contributed by atoms with Crippen LogP contribution < -0.4 is 0 Å². The summed E-state index contributed by atoms with van der Waals surface area (Å²) in [6, 6.07) is 0. The number of carbonyl (C=O) groups excluding carboxylic acids is 3. The molecule has 0 amide bonds. The van der Waals surface area contributed by atoms with Crippen LogP contribution in [0.5, 0.6) is 0 Å². The van der Waals surface area contributed by atoms with Crippen molar-refractivity contribution in [3.63, 3.8) is 0 Å². The molecule has 0 fully saturated rings. The quantitative estimate of drug-likeness (QED) is 0.0266. The maximum atomic E-state index is 12.7. The Bertz CT molecular complexity index is 1200. The summed E-state index contributed by atoms with van der Waals surface area (Å²) in [5.41, 5.74) is 0. The van der Waals surface area contributed by atoms with Crippen molar-refractivity contribution < 1.29 is 28.6 Å². The van der Waals surface area contributed by atoms with Gasteiger partial charge in [0.15, 0.2) is 6.10 Å². The lowest BCUT2D eigenvalue weighted by Gasteiger charge is -2.18. The zero-order chi connectivity index (χ0) is 42.3. The number of rotatable bonds is 40. The Morgan fingerprint density at radius 3 is 1.14 bits per heavy atom. The van der Waals surface area contributed by atoms with Gasteiger partial charge < -0.3 is 14.2 Å². The monoisotopic (exact) mass is 805 g/mol. The molecule has 0 rings (SSSR count). The highest BCUT2D eigenvalue weighted by atomic mass is 16.6. The van der Waals surface area contributed by atoms with Gasteiger partial charge in [0.05, 0.1) is 6.42 Å². The predicted octanol–water partition coefficient (Wildman–Crippen LogP) is 15.0. The van der Waals surface area contributed by atoms with Crippen molar-refractivity contribution in [3.8, 4) is 0 Å². The lowest BCUT2D eigenvalue weighted by Crippen LogP contribution is -2.30. The third-order valence-corrected chi connectivity index (χ3v) is 9.37. The summed E-state index contributed by atoms with van der Waals surface area (Å²) in [5.74, 6) is -1.07. The van der Waals surface area contributed by atoms with Gasteiger partial charge in [-0.2, -0.15) is 0 Å². The van der Waals surface area contributed by atoms with Gasteiger partial charge in [-0.05, 0) is 77.0 Å². The van der Waals surface area contributed by atoms with Gasteiger partial charge in [-0.15, -0.1) is 0 Å². The Morgan fingerprint density at radius 1 is 0.379 bits per heavy atom. The predicted molar refractivity (Wildman–Crippen MR) is 247 cm³/mol. The molecule has 6 nitrogen and oxygen atoms in total. The van der Waals surface area contributed by atoms with Crippen molar-refractivity contribution in [1.29, 1.82) is 0 Å². The van der Waals surface area contributed by atoms with Gasteiger partial charge in [0.25, 0.3) is 0 Å². The molecule has 328 valence electrons. The van der Waals surface area contributed by atoms with Gasteiger partial charge in [-0.1, -0.05) is 195 Å². The van der Waals surface area contributed by atoms with Gasteiger partial charge in [0.2, 0.25) is 0 Å². The molecular formula is C52H84O6. The first kappa shape index (κ1) is 54.3. The Kier molecular flexibility index (Phi) is 43.1. The smallest absolute Gasteiger partial charge is 0.310 e. The van der Waals surface area contributed by atoms with Crippen LogP contribution in [-0.4, -0.2) is 37.2 Å². The molecule has 0 saturated heterocycles. The van der Waals surface area contributed by atoms with E-state index in [4.69, 9.17) is 14.2 Å². The fourth-order valence-electron chi connectivity index (χ4n) is 5.94. The molecule has 0 aliphatic heterocycles. The van der Waals surface area contributed by atoms with Crippen LogP contribution in [0.1, 0.15) is 194 Å². The first-order chi connectivity index (χ1) is 28.5. The molecule has 0 aliphatic rings. The summed E-state index contributed by atoms with van der Waals surface area (Å²) in [6.07, 6.45) is 59.9.